The van der Waals surface area contributed by atoms with Crippen LogP contribution in [0.2, 0.25) is 0 Å². The van der Waals surface area contributed by atoms with Crippen LogP contribution >= 0.6 is 12.6 Å². The molecule has 5 rings (SSSR count). The summed E-state index contributed by atoms with van der Waals surface area (Å²) in [5.41, 5.74) is 4.45. The van der Waals surface area contributed by atoms with Gasteiger partial charge in [-0.2, -0.15) is 12.6 Å². The lowest BCUT2D eigenvalue weighted by atomic mass is 10.0. The van der Waals surface area contributed by atoms with E-state index >= 15 is 0 Å². The number of rotatable bonds is 0. The van der Waals surface area contributed by atoms with Crippen LogP contribution in [0.25, 0.3) is 22.3 Å². The van der Waals surface area contributed by atoms with Gasteiger partial charge in [0.25, 0.3) is 5.56 Å². The largest absolute Gasteiger partial charge is 0.460 e. The highest BCUT2D eigenvalue weighted by Crippen LogP contribution is 2.36. The third-order valence-corrected chi connectivity index (χ3v) is 5.17. The molecule has 0 radical (unpaired) electrons. The highest BCUT2D eigenvalue weighted by molar-refractivity contribution is 7.81. The van der Waals surface area contributed by atoms with E-state index < -0.39 is 11.2 Å². The minimum atomic E-state index is -0.725. The van der Waals surface area contributed by atoms with Gasteiger partial charge in [-0.15, -0.1) is 0 Å². The maximum atomic E-state index is 12.8. The van der Waals surface area contributed by atoms with Crippen molar-refractivity contribution in [1.29, 1.82) is 0 Å². The summed E-state index contributed by atoms with van der Waals surface area (Å²) in [5, 5.41) is 0.323. The molecule has 6 heteroatoms. The number of pyridine rings is 2. The highest BCUT2D eigenvalue weighted by Gasteiger charge is 2.32. The van der Waals surface area contributed by atoms with Crippen molar-refractivity contribution < 1.29 is 9.53 Å². The highest BCUT2D eigenvalue weighted by atomic mass is 32.1. The number of ether oxygens (including phenoxy) is 1. The van der Waals surface area contributed by atoms with Crippen molar-refractivity contribution in [1.82, 2.24) is 9.55 Å². The topological polar surface area (TPSA) is 61.2 Å². The summed E-state index contributed by atoms with van der Waals surface area (Å²) < 4.78 is 6.76. The average Bonchev–Trinajstić information content (AvgIpc) is 3.03. The molecule has 1 aromatic carbocycles. The molecule has 4 heterocycles. The number of esters is 1. The molecule has 1 unspecified atom stereocenters. The maximum Gasteiger partial charge on any atom is 0.323 e. The summed E-state index contributed by atoms with van der Waals surface area (Å²) in [6.07, 6.45) is 0. The summed E-state index contributed by atoms with van der Waals surface area (Å²) in [4.78, 5) is 29.3. The molecule has 0 N–H and O–H groups in total. The first-order valence-corrected chi connectivity index (χ1v) is 9.15. The molecule has 26 heavy (non-hydrogen) atoms. The second kappa shape index (κ2) is 6.29. The zero-order valence-electron chi connectivity index (χ0n) is 14.5. The van der Waals surface area contributed by atoms with E-state index in [4.69, 9.17) is 9.72 Å². The van der Waals surface area contributed by atoms with Crippen molar-refractivity contribution in [2.24, 2.45) is 0 Å². The first kappa shape index (κ1) is 16.8. The Balaban J connectivity index is 0.000000814. The molecule has 0 bridgehead atoms. The van der Waals surface area contributed by atoms with Crippen LogP contribution in [0.1, 0.15) is 35.8 Å². The quantitative estimate of drug-likeness (QED) is 0.382. The van der Waals surface area contributed by atoms with Crippen LogP contribution in [-0.4, -0.2) is 15.5 Å². The van der Waals surface area contributed by atoms with Crippen LogP contribution in [0.5, 0.6) is 0 Å². The Bertz CT molecular complexity index is 1100. The molecule has 3 aromatic rings. The molecule has 2 aromatic heterocycles. The Morgan fingerprint density at radius 2 is 1.96 bits per heavy atom. The van der Waals surface area contributed by atoms with Crippen molar-refractivity contribution >= 4 is 29.5 Å². The van der Waals surface area contributed by atoms with Crippen molar-refractivity contribution in [2.75, 3.05) is 0 Å². The monoisotopic (exact) mass is 366 g/mol. The van der Waals surface area contributed by atoms with Gasteiger partial charge >= 0.3 is 5.97 Å². The Morgan fingerprint density at radius 1 is 1.19 bits per heavy atom. The zero-order chi connectivity index (χ0) is 18.4. The van der Waals surface area contributed by atoms with Crippen molar-refractivity contribution in [3.8, 4) is 11.4 Å². The van der Waals surface area contributed by atoms with Crippen molar-refractivity contribution in [2.45, 2.75) is 32.2 Å². The molecule has 2 aliphatic rings. The molecule has 2 aliphatic heterocycles. The van der Waals surface area contributed by atoms with E-state index in [0.29, 0.717) is 17.7 Å². The number of aromatic nitrogens is 2. The van der Waals surface area contributed by atoms with Gasteiger partial charge in [0.2, 0.25) is 0 Å². The number of hydrogen-bond donors (Lipinski definition) is 1. The van der Waals surface area contributed by atoms with E-state index in [1.165, 1.54) is 0 Å². The Labute approximate surface area is 156 Å². The first-order valence-electron chi connectivity index (χ1n) is 8.64. The van der Waals surface area contributed by atoms with E-state index in [2.05, 4.69) is 18.7 Å². The number of para-hydroxylation sites is 1. The fourth-order valence-corrected chi connectivity index (χ4v) is 3.78. The third-order valence-electron chi connectivity index (χ3n) is 4.69. The zero-order valence-corrected chi connectivity index (χ0v) is 15.4. The van der Waals surface area contributed by atoms with Gasteiger partial charge in [-0.05, 0) is 23.8 Å². The van der Waals surface area contributed by atoms with Gasteiger partial charge in [-0.25, -0.2) is 4.98 Å². The normalized spacial score (nSPS) is 16.9. The molecular formula is C20H18N2O3S. The van der Waals surface area contributed by atoms with Gasteiger partial charge in [0, 0.05) is 10.9 Å². The average molecular weight is 366 g/mol. The van der Waals surface area contributed by atoms with Gasteiger partial charge in [0.1, 0.15) is 11.9 Å². The van der Waals surface area contributed by atoms with Gasteiger partial charge in [0.05, 0.1) is 29.0 Å². The Hall–Kier alpha value is -2.60. The number of thiol groups is 1. The first-order chi connectivity index (χ1) is 12.6. The SMILES string of the molecule is CC.O=C1OCc2c(cc3n(c2=O)Cc2cc4ccccc4nc2-3)C1S. The second-order valence-corrected chi connectivity index (χ2v) is 6.57. The number of benzene rings is 1. The predicted octanol–water partition coefficient (Wildman–Crippen LogP) is 3.48. The molecule has 0 spiro atoms. The standard InChI is InChI=1S/C18H12N2O3S.C2H6/c21-17-12-8-23-18(22)16(24)11(12)6-14-15-10(7-20(14)17)5-9-3-1-2-4-13(9)19-15;1-2/h1-6,16,24H,7-8H2;1-2H3. The van der Waals surface area contributed by atoms with Crippen LogP contribution < -0.4 is 5.56 Å². The third kappa shape index (κ3) is 2.36. The maximum absolute atomic E-state index is 12.8. The molecular weight excluding hydrogens is 348 g/mol. The van der Waals surface area contributed by atoms with Crippen LogP contribution in [0.4, 0.5) is 0 Å². The summed E-state index contributed by atoms with van der Waals surface area (Å²) in [6.45, 7) is 4.50. The smallest absolute Gasteiger partial charge is 0.323 e. The minimum Gasteiger partial charge on any atom is -0.460 e. The molecule has 0 saturated heterocycles. The molecule has 1 atom stereocenters. The van der Waals surface area contributed by atoms with Gasteiger partial charge < -0.3 is 9.30 Å². The van der Waals surface area contributed by atoms with Gasteiger partial charge in [-0.3, -0.25) is 9.59 Å². The fourth-order valence-electron chi connectivity index (χ4n) is 3.47. The van der Waals surface area contributed by atoms with E-state index in [1.54, 1.807) is 4.57 Å². The van der Waals surface area contributed by atoms with E-state index in [9.17, 15) is 9.59 Å². The number of nitrogens with zero attached hydrogens (tertiary/aromatic N) is 2. The van der Waals surface area contributed by atoms with E-state index in [0.717, 1.165) is 27.9 Å². The summed E-state index contributed by atoms with van der Waals surface area (Å²) in [6, 6.07) is 11.8. The number of cyclic esters (lactones) is 1. The van der Waals surface area contributed by atoms with Crippen LogP contribution in [0.15, 0.2) is 41.2 Å². The molecule has 0 fully saturated rings. The predicted molar refractivity (Wildman–Crippen MR) is 103 cm³/mol. The lowest BCUT2D eigenvalue weighted by molar-refractivity contribution is -0.145. The summed E-state index contributed by atoms with van der Waals surface area (Å²) in [5.74, 6) is -0.417. The molecule has 132 valence electrons. The van der Waals surface area contributed by atoms with Gasteiger partial charge in [-0.1, -0.05) is 32.0 Å². The number of carbonyl (C=O) groups is 1. The Kier molecular flexibility index (Phi) is 4.07. The Morgan fingerprint density at radius 3 is 2.77 bits per heavy atom. The molecule has 0 saturated carbocycles. The molecule has 5 nitrogen and oxygen atoms in total. The molecule has 0 amide bonds. The van der Waals surface area contributed by atoms with Gasteiger partial charge in [0.15, 0.2) is 0 Å². The van der Waals surface area contributed by atoms with Crippen LogP contribution in [-0.2, 0) is 22.7 Å². The number of hydrogen-bond acceptors (Lipinski definition) is 5. The number of fused-ring (bicyclic) bond motifs is 5. The molecule has 0 aliphatic carbocycles. The summed E-state index contributed by atoms with van der Waals surface area (Å²) in [7, 11) is 0. The van der Waals surface area contributed by atoms with Crippen molar-refractivity contribution in [3.63, 3.8) is 0 Å². The minimum absolute atomic E-state index is 0.0100. The summed E-state index contributed by atoms with van der Waals surface area (Å²) >= 11 is 4.31. The van der Waals surface area contributed by atoms with E-state index in [1.807, 2.05) is 44.2 Å². The lowest BCUT2D eigenvalue weighted by Gasteiger charge is -2.21. The fraction of sp³-hybridized carbons (Fsp3) is 0.250. The lowest BCUT2D eigenvalue weighted by Crippen LogP contribution is -2.31. The van der Waals surface area contributed by atoms with Crippen LogP contribution in [0, 0.1) is 0 Å². The van der Waals surface area contributed by atoms with Crippen LogP contribution in [0.3, 0.4) is 0 Å². The van der Waals surface area contributed by atoms with E-state index in [-0.39, 0.29) is 12.2 Å². The second-order valence-electron chi connectivity index (χ2n) is 6.05. The number of carbonyl (C=O) groups excluding carboxylic acids is 1. The van der Waals surface area contributed by atoms with Crippen molar-refractivity contribution in [3.05, 3.63) is 63.4 Å².